The number of halogens is 1. The molecule has 0 radical (unpaired) electrons. The quantitative estimate of drug-likeness (QED) is 0.584. The number of rotatable bonds is 4. The SMILES string of the molecule is O=C(c1ccccc1)N1CCN(C2CN(C(=O)c3ccc(-c4ccc(Cl)cc4)cc3)C2)CC1. The number of likely N-dealkylation sites (tertiary alicyclic amines) is 1. The van der Waals surface area contributed by atoms with E-state index >= 15 is 0 Å². The summed E-state index contributed by atoms with van der Waals surface area (Å²) >= 11 is 5.97. The lowest BCUT2D eigenvalue weighted by Gasteiger charge is -2.48. The van der Waals surface area contributed by atoms with Crippen molar-refractivity contribution in [1.82, 2.24) is 14.7 Å². The first kappa shape index (κ1) is 21.7. The molecule has 0 N–H and O–H groups in total. The van der Waals surface area contributed by atoms with Gasteiger partial charge in [-0.2, -0.15) is 0 Å². The summed E-state index contributed by atoms with van der Waals surface area (Å²) in [6.07, 6.45) is 0. The third kappa shape index (κ3) is 4.65. The Morgan fingerprint density at radius 2 is 1.15 bits per heavy atom. The molecule has 2 amide bonds. The zero-order valence-corrected chi connectivity index (χ0v) is 19.1. The van der Waals surface area contributed by atoms with Crippen LogP contribution < -0.4 is 0 Å². The molecule has 168 valence electrons. The minimum absolute atomic E-state index is 0.0757. The first-order valence-electron chi connectivity index (χ1n) is 11.3. The van der Waals surface area contributed by atoms with E-state index in [4.69, 9.17) is 11.6 Å². The van der Waals surface area contributed by atoms with Crippen LogP contribution in [0.3, 0.4) is 0 Å². The monoisotopic (exact) mass is 459 g/mol. The van der Waals surface area contributed by atoms with Gasteiger partial charge in [0.1, 0.15) is 0 Å². The zero-order valence-electron chi connectivity index (χ0n) is 18.4. The van der Waals surface area contributed by atoms with E-state index in [-0.39, 0.29) is 11.8 Å². The summed E-state index contributed by atoms with van der Waals surface area (Å²) in [5.41, 5.74) is 3.60. The lowest BCUT2D eigenvalue weighted by atomic mass is 10.0. The molecule has 2 saturated heterocycles. The van der Waals surface area contributed by atoms with Crippen molar-refractivity contribution in [2.24, 2.45) is 0 Å². The average molecular weight is 460 g/mol. The first-order chi connectivity index (χ1) is 16.1. The van der Waals surface area contributed by atoms with Crippen LogP contribution in [0, 0.1) is 0 Å². The van der Waals surface area contributed by atoms with Crippen LogP contribution in [-0.2, 0) is 0 Å². The third-order valence-electron chi connectivity index (χ3n) is 6.60. The summed E-state index contributed by atoms with van der Waals surface area (Å²) in [6.45, 7) is 4.63. The smallest absolute Gasteiger partial charge is 0.253 e. The number of benzene rings is 3. The largest absolute Gasteiger partial charge is 0.336 e. The van der Waals surface area contributed by atoms with E-state index in [2.05, 4.69) is 4.90 Å². The van der Waals surface area contributed by atoms with Crippen molar-refractivity contribution in [3.8, 4) is 11.1 Å². The second-order valence-electron chi connectivity index (χ2n) is 8.64. The van der Waals surface area contributed by atoms with Crippen LogP contribution in [0.2, 0.25) is 5.02 Å². The summed E-state index contributed by atoms with van der Waals surface area (Å²) < 4.78 is 0. The maximum atomic E-state index is 12.9. The second-order valence-corrected chi connectivity index (χ2v) is 9.08. The summed E-state index contributed by atoms with van der Waals surface area (Å²) in [5.74, 6) is 0.175. The van der Waals surface area contributed by atoms with E-state index in [0.717, 1.165) is 56.0 Å². The van der Waals surface area contributed by atoms with Crippen molar-refractivity contribution in [2.75, 3.05) is 39.3 Å². The number of carbonyl (C=O) groups is 2. The fraction of sp³-hybridized carbons (Fsp3) is 0.259. The van der Waals surface area contributed by atoms with Gasteiger partial charge in [-0.1, -0.05) is 54.1 Å². The molecule has 5 rings (SSSR count). The van der Waals surface area contributed by atoms with Crippen LogP contribution in [0.25, 0.3) is 11.1 Å². The Labute approximate surface area is 199 Å². The van der Waals surface area contributed by atoms with Gasteiger partial charge < -0.3 is 9.80 Å². The highest BCUT2D eigenvalue weighted by atomic mass is 35.5. The molecule has 2 aliphatic heterocycles. The molecule has 0 atom stereocenters. The molecule has 6 heteroatoms. The number of nitrogens with zero attached hydrogens (tertiary/aromatic N) is 3. The molecule has 0 unspecified atom stereocenters. The fourth-order valence-electron chi connectivity index (χ4n) is 4.54. The second kappa shape index (κ2) is 9.38. The Hall–Kier alpha value is -3.15. The summed E-state index contributed by atoms with van der Waals surface area (Å²) in [4.78, 5) is 31.8. The molecule has 2 aliphatic rings. The molecule has 0 saturated carbocycles. The molecule has 0 spiro atoms. The van der Waals surface area contributed by atoms with Crippen LogP contribution in [-0.4, -0.2) is 71.8 Å². The van der Waals surface area contributed by atoms with E-state index in [0.29, 0.717) is 16.6 Å². The van der Waals surface area contributed by atoms with Gasteiger partial charge >= 0.3 is 0 Å². The average Bonchev–Trinajstić information content (AvgIpc) is 2.84. The van der Waals surface area contributed by atoms with E-state index in [9.17, 15) is 9.59 Å². The Morgan fingerprint density at radius 1 is 0.636 bits per heavy atom. The maximum Gasteiger partial charge on any atom is 0.253 e. The Balaban J connectivity index is 1.12. The van der Waals surface area contributed by atoms with Crippen molar-refractivity contribution < 1.29 is 9.59 Å². The molecule has 0 aliphatic carbocycles. The summed E-state index contributed by atoms with van der Waals surface area (Å²) in [6, 6.07) is 25.3. The first-order valence-corrected chi connectivity index (χ1v) is 11.7. The normalized spacial score (nSPS) is 17.0. The van der Waals surface area contributed by atoms with Gasteiger partial charge in [0.2, 0.25) is 0 Å². The van der Waals surface area contributed by atoms with Crippen molar-refractivity contribution >= 4 is 23.4 Å². The Bertz CT molecular complexity index is 1120. The number of piperazine rings is 1. The number of hydrogen-bond donors (Lipinski definition) is 0. The lowest BCUT2D eigenvalue weighted by Crippen LogP contribution is -2.64. The summed E-state index contributed by atoms with van der Waals surface area (Å²) in [5, 5.41) is 0.710. The van der Waals surface area contributed by atoms with Crippen LogP contribution in [0.4, 0.5) is 0 Å². The standard InChI is InChI=1S/C27H26ClN3O2/c28-24-12-10-21(11-13-24)20-6-8-23(9-7-20)27(33)31-18-25(19-31)29-14-16-30(17-15-29)26(32)22-4-2-1-3-5-22/h1-13,25H,14-19H2. The van der Waals surface area contributed by atoms with Crippen molar-refractivity contribution in [3.63, 3.8) is 0 Å². The molecule has 0 aromatic heterocycles. The van der Waals surface area contributed by atoms with Crippen molar-refractivity contribution in [1.29, 1.82) is 0 Å². The highest BCUT2D eigenvalue weighted by Gasteiger charge is 2.36. The Morgan fingerprint density at radius 3 is 1.76 bits per heavy atom. The minimum atomic E-state index is 0.0757. The van der Waals surface area contributed by atoms with Gasteiger partial charge in [-0.15, -0.1) is 0 Å². The van der Waals surface area contributed by atoms with Gasteiger partial charge in [-0.05, 0) is 47.5 Å². The molecule has 2 fully saturated rings. The van der Waals surface area contributed by atoms with Gasteiger partial charge in [0, 0.05) is 61.5 Å². The third-order valence-corrected chi connectivity index (χ3v) is 6.85. The number of carbonyl (C=O) groups excluding carboxylic acids is 2. The van der Waals surface area contributed by atoms with Gasteiger partial charge in [0.25, 0.3) is 11.8 Å². The molecular weight excluding hydrogens is 434 g/mol. The van der Waals surface area contributed by atoms with Gasteiger partial charge in [0.05, 0.1) is 0 Å². The molecule has 2 heterocycles. The van der Waals surface area contributed by atoms with Crippen LogP contribution in [0.1, 0.15) is 20.7 Å². The predicted molar refractivity (Wildman–Crippen MR) is 130 cm³/mol. The van der Waals surface area contributed by atoms with Gasteiger partial charge in [-0.25, -0.2) is 0 Å². The van der Waals surface area contributed by atoms with Gasteiger partial charge in [0.15, 0.2) is 0 Å². The van der Waals surface area contributed by atoms with E-state index in [1.54, 1.807) is 0 Å². The van der Waals surface area contributed by atoms with Crippen LogP contribution in [0.15, 0.2) is 78.9 Å². The molecule has 5 nitrogen and oxygen atoms in total. The van der Waals surface area contributed by atoms with Crippen molar-refractivity contribution in [2.45, 2.75) is 6.04 Å². The highest BCUT2D eigenvalue weighted by molar-refractivity contribution is 6.30. The molecule has 33 heavy (non-hydrogen) atoms. The lowest BCUT2D eigenvalue weighted by molar-refractivity contribution is 0.00854. The number of hydrogen-bond acceptors (Lipinski definition) is 3. The molecular formula is C27H26ClN3O2. The van der Waals surface area contributed by atoms with Crippen molar-refractivity contribution in [3.05, 3.63) is 95.0 Å². The maximum absolute atomic E-state index is 12.9. The molecule has 3 aromatic rings. The van der Waals surface area contributed by atoms with E-state index < -0.39 is 0 Å². The van der Waals surface area contributed by atoms with E-state index in [1.807, 2.05) is 88.7 Å². The molecule has 0 bridgehead atoms. The Kier molecular flexibility index (Phi) is 6.16. The molecule has 3 aromatic carbocycles. The van der Waals surface area contributed by atoms with Crippen LogP contribution >= 0.6 is 11.6 Å². The topological polar surface area (TPSA) is 43.9 Å². The van der Waals surface area contributed by atoms with E-state index in [1.165, 1.54) is 0 Å². The summed E-state index contributed by atoms with van der Waals surface area (Å²) in [7, 11) is 0. The minimum Gasteiger partial charge on any atom is -0.336 e. The number of amides is 2. The predicted octanol–water partition coefficient (Wildman–Crippen LogP) is 4.29. The fourth-order valence-corrected chi connectivity index (χ4v) is 4.66. The highest BCUT2D eigenvalue weighted by Crippen LogP contribution is 2.24. The van der Waals surface area contributed by atoms with Gasteiger partial charge in [-0.3, -0.25) is 14.5 Å². The van der Waals surface area contributed by atoms with Crippen LogP contribution in [0.5, 0.6) is 0 Å². The zero-order chi connectivity index (χ0) is 22.8.